The Labute approximate surface area is 127 Å². The minimum Gasteiger partial charge on any atom is -0.462 e. The van der Waals surface area contributed by atoms with E-state index in [1.54, 1.807) is 29.5 Å². The van der Waals surface area contributed by atoms with Crippen LogP contribution in [0.3, 0.4) is 0 Å². The molecule has 0 radical (unpaired) electrons. The van der Waals surface area contributed by atoms with E-state index in [9.17, 15) is 9.18 Å². The molecule has 0 aliphatic carbocycles. The number of carbonyl (C=O) groups excluding carboxylic acids is 1. The molecule has 0 saturated heterocycles. The van der Waals surface area contributed by atoms with E-state index < -0.39 is 14.9 Å². The van der Waals surface area contributed by atoms with Crippen molar-refractivity contribution < 1.29 is 13.9 Å². The molecule has 1 atom stereocenters. The van der Waals surface area contributed by atoms with Gasteiger partial charge in [0.25, 0.3) is 0 Å². The fourth-order valence-electron chi connectivity index (χ4n) is 1.50. The molecule has 0 aromatic carbocycles. The van der Waals surface area contributed by atoms with Crippen LogP contribution in [-0.4, -0.2) is 20.6 Å². The molecular weight excluding hydrogens is 387 g/mol. The van der Waals surface area contributed by atoms with Crippen LogP contribution in [0.2, 0.25) is 0 Å². The van der Waals surface area contributed by atoms with Crippen LogP contribution in [0.1, 0.15) is 12.6 Å². The van der Waals surface area contributed by atoms with Crippen molar-refractivity contribution in [2.45, 2.75) is 9.93 Å². The predicted octanol–water partition coefficient (Wildman–Crippen LogP) is 3.29. The number of hydrogen-bond donors (Lipinski definition) is 0. The lowest BCUT2D eigenvalue weighted by atomic mass is 10.1. The number of rotatable bonds is 3. The molecule has 0 spiro atoms. The van der Waals surface area contributed by atoms with Gasteiger partial charge in [-0.1, -0.05) is 17.7 Å². The Morgan fingerprint density at radius 3 is 2.95 bits per heavy atom. The maximum absolute atomic E-state index is 13.1. The van der Waals surface area contributed by atoms with Crippen LogP contribution < -0.4 is 0 Å². The van der Waals surface area contributed by atoms with Gasteiger partial charge in [-0.25, -0.2) is 9.78 Å². The minimum atomic E-state index is -1.35. The van der Waals surface area contributed by atoms with Gasteiger partial charge in [0, 0.05) is 0 Å². The van der Waals surface area contributed by atoms with Crippen LogP contribution in [-0.2, 0) is 9.53 Å². The number of esters is 1. The number of aromatic nitrogens is 1. The molecule has 0 saturated carbocycles. The number of azo groups is 1. The minimum absolute atomic E-state index is 0.0507. The van der Waals surface area contributed by atoms with Crippen molar-refractivity contribution >= 4 is 45.9 Å². The molecule has 1 aliphatic rings. The van der Waals surface area contributed by atoms with Crippen molar-refractivity contribution in [3.05, 3.63) is 35.4 Å². The van der Waals surface area contributed by atoms with Gasteiger partial charge in [0.15, 0.2) is 0 Å². The summed E-state index contributed by atoms with van der Waals surface area (Å²) in [5.74, 6) is -1.32. The molecule has 5 nitrogen and oxygen atoms in total. The van der Waals surface area contributed by atoms with Gasteiger partial charge in [-0.15, -0.1) is 10.2 Å². The summed E-state index contributed by atoms with van der Waals surface area (Å²) in [4.78, 5) is 15.6. The first-order valence-electron chi connectivity index (χ1n) is 5.31. The average molecular weight is 396 g/mol. The molecule has 1 aliphatic heterocycles. The Morgan fingerprint density at radius 1 is 1.58 bits per heavy atom. The summed E-state index contributed by atoms with van der Waals surface area (Å²) in [6.45, 7) is 1.86. The molecule has 2 heterocycles. The summed E-state index contributed by atoms with van der Waals surface area (Å²) >= 11 is 7.85. The zero-order chi connectivity index (χ0) is 14.0. The Morgan fingerprint density at radius 2 is 2.32 bits per heavy atom. The number of nitrogens with zero attached hydrogens (tertiary/aromatic N) is 3. The highest BCUT2D eigenvalue weighted by molar-refractivity contribution is 14.1. The van der Waals surface area contributed by atoms with E-state index in [0.29, 0.717) is 0 Å². The van der Waals surface area contributed by atoms with Crippen molar-refractivity contribution in [2.75, 3.05) is 6.61 Å². The summed E-state index contributed by atoms with van der Waals surface area (Å²) in [5.41, 5.74) is 0.364. The van der Waals surface area contributed by atoms with Crippen LogP contribution in [0, 0.1) is 5.95 Å². The molecule has 1 aromatic heterocycles. The molecule has 0 fully saturated rings. The molecule has 1 unspecified atom stereocenters. The summed E-state index contributed by atoms with van der Waals surface area (Å²) in [6, 6.07) is 4.17. The van der Waals surface area contributed by atoms with E-state index in [2.05, 4.69) is 15.2 Å². The Hall–Kier alpha value is -1.09. The molecule has 2 rings (SSSR count). The Kier molecular flexibility index (Phi) is 4.14. The lowest BCUT2D eigenvalue weighted by molar-refractivity contribution is -0.138. The third-order valence-electron chi connectivity index (χ3n) is 2.25. The van der Waals surface area contributed by atoms with Gasteiger partial charge in [-0.3, -0.25) is 0 Å². The van der Waals surface area contributed by atoms with Crippen molar-refractivity contribution in [1.29, 1.82) is 0 Å². The fraction of sp³-hybridized carbons (Fsp3) is 0.273. The van der Waals surface area contributed by atoms with Gasteiger partial charge in [0.2, 0.25) is 8.95 Å². The molecule has 100 valence electrons. The third-order valence-corrected chi connectivity index (χ3v) is 3.27. The second kappa shape index (κ2) is 5.49. The zero-order valence-electron chi connectivity index (χ0n) is 9.73. The van der Waals surface area contributed by atoms with Crippen LogP contribution >= 0.6 is 34.2 Å². The Balaban J connectivity index is 2.53. The van der Waals surface area contributed by atoms with E-state index in [1.807, 2.05) is 0 Å². The van der Waals surface area contributed by atoms with Crippen molar-refractivity contribution in [3.8, 4) is 0 Å². The highest BCUT2D eigenvalue weighted by atomic mass is 127. The largest absolute Gasteiger partial charge is 0.462 e. The smallest absolute Gasteiger partial charge is 0.341 e. The summed E-state index contributed by atoms with van der Waals surface area (Å²) in [5, 5.41) is 7.60. The van der Waals surface area contributed by atoms with Crippen LogP contribution in [0.4, 0.5) is 4.39 Å². The lowest BCUT2D eigenvalue weighted by Gasteiger charge is -2.12. The standard InChI is InChI=1S/C11H8ClFIN3O2/c1-2-19-10(18)8-9(16-17-11(8,12)14)6-4-3-5-7(13)15-6/h3-5H,2H2,1H3. The first-order valence-corrected chi connectivity index (χ1v) is 6.77. The van der Waals surface area contributed by atoms with Gasteiger partial charge in [0.05, 0.1) is 12.3 Å². The number of pyridine rings is 1. The van der Waals surface area contributed by atoms with E-state index in [0.717, 1.165) is 0 Å². The van der Waals surface area contributed by atoms with E-state index >= 15 is 0 Å². The van der Waals surface area contributed by atoms with Gasteiger partial charge in [-0.2, -0.15) is 4.39 Å². The van der Waals surface area contributed by atoms with Crippen molar-refractivity contribution in [1.82, 2.24) is 4.98 Å². The van der Waals surface area contributed by atoms with Gasteiger partial charge in [0.1, 0.15) is 11.3 Å². The van der Waals surface area contributed by atoms with Crippen LogP contribution in [0.15, 0.2) is 34.0 Å². The van der Waals surface area contributed by atoms with Crippen LogP contribution in [0.5, 0.6) is 0 Å². The zero-order valence-corrected chi connectivity index (χ0v) is 12.6. The molecule has 0 N–H and O–H groups in total. The summed E-state index contributed by atoms with van der Waals surface area (Å²) in [7, 11) is 0. The van der Waals surface area contributed by atoms with Gasteiger partial charge in [-0.05, 0) is 41.6 Å². The highest BCUT2D eigenvalue weighted by Gasteiger charge is 2.42. The van der Waals surface area contributed by atoms with E-state index in [4.69, 9.17) is 16.3 Å². The second-order valence-corrected chi connectivity index (χ2v) is 6.28. The summed E-state index contributed by atoms with van der Waals surface area (Å²) < 4.78 is 16.7. The molecule has 8 heteroatoms. The maximum Gasteiger partial charge on any atom is 0.341 e. The van der Waals surface area contributed by atoms with Crippen molar-refractivity contribution in [2.24, 2.45) is 10.2 Å². The average Bonchev–Trinajstić information content (AvgIpc) is 2.65. The number of alkyl halides is 2. The Bertz CT molecular complexity index is 589. The monoisotopic (exact) mass is 395 g/mol. The lowest BCUT2D eigenvalue weighted by Crippen LogP contribution is -2.20. The number of ether oxygens (including phenoxy) is 1. The molecule has 1 aromatic rings. The molecule has 0 bridgehead atoms. The number of carbonyl (C=O) groups is 1. The van der Waals surface area contributed by atoms with E-state index in [1.165, 1.54) is 18.2 Å². The fourth-order valence-corrected chi connectivity index (χ4v) is 2.29. The topological polar surface area (TPSA) is 63.9 Å². The first kappa shape index (κ1) is 14.3. The molecule has 19 heavy (non-hydrogen) atoms. The third kappa shape index (κ3) is 2.92. The second-order valence-electron chi connectivity index (χ2n) is 3.53. The SMILES string of the molecule is CCOC(=O)C1=C(c2cccc(F)n2)N=NC1(Cl)I. The van der Waals surface area contributed by atoms with Gasteiger partial charge < -0.3 is 4.74 Å². The molecule has 0 amide bonds. The molecular formula is C11H8ClFIN3O2. The van der Waals surface area contributed by atoms with Crippen molar-refractivity contribution in [3.63, 3.8) is 0 Å². The quantitative estimate of drug-likeness (QED) is 0.259. The summed E-state index contributed by atoms with van der Waals surface area (Å²) in [6.07, 6.45) is 0. The van der Waals surface area contributed by atoms with E-state index in [-0.39, 0.29) is 23.6 Å². The normalized spacial score (nSPS) is 21.9. The first-order chi connectivity index (χ1) is 8.95. The van der Waals surface area contributed by atoms with Gasteiger partial charge >= 0.3 is 5.97 Å². The predicted molar refractivity (Wildman–Crippen MR) is 75.2 cm³/mol. The van der Waals surface area contributed by atoms with Crippen LogP contribution in [0.25, 0.3) is 5.70 Å². The highest BCUT2D eigenvalue weighted by Crippen LogP contribution is 2.45. The maximum atomic E-state index is 13.1. The number of halogens is 3. The number of hydrogen-bond acceptors (Lipinski definition) is 5.